The van der Waals surface area contributed by atoms with E-state index >= 15 is 0 Å². The molecule has 0 saturated carbocycles. The number of aromatic nitrogens is 4. The van der Waals surface area contributed by atoms with Crippen LogP contribution in [0.4, 0.5) is 11.8 Å². The Labute approximate surface area is 115 Å². The largest absolute Gasteiger partial charge is 0.369 e. The van der Waals surface area contributed by atoms with Crippen LogP contribution in [0.5, 0.6) is 0 Å². The van der Waals surface area contributed by atoms with Gasteiger partial charge >= 0.3 is 0 Å². The maximum absolute atomic E-state index is 11.5. The highest BCUT2D eigenvalue weighted by Crippen LogP contribution is 2.27. The zero-order valence-corrected chi connectivity index (χ0v) is 11.0. The Bertz CT molecular complexity index is 641. The van der Waals surface area contributed by atoms with Crippen molar-refractivity contribution in [3.63, 3.8) is 0 Å². The summed E-state index contributed by atoms with van der Waals surface area (Å²) in [6.07, 6.45) is 7.11. The molecule has 1 aliphatic rings. The molecule has 3 heterocycles. The number of H-pyrrole nitrogens is 1. The smallest absolute Gasteiger partial charge is 0.252 e. The first-order valence-electron chi connectivity index (χ1n) is 6.60. The second kappa shape index (κ2) is 5.28. The summed E-state index contributed by atoms with van der Waals surface area (Å²) in [6.45, 7) is 1.71. The molecule has 1 atom stereocenters. The molecule has 1 fully saturated rings. The van der Waals surface area contributed by atoms with E-state index in [-0.39, 0.29) is 17.4 Å². The minimum atomic E-state index is -0.205. The number of hydrogen-bond acceptors (Lipinski definition) is 6. The van der Waals surface area contributed by atoms with E-state index in [1.807, 2.05) is 0 Å². The van der Waals surface area contributed by atoms with Crippen LogP contribution in [0.2, 0.25) is 0 Å². The van der Waals surface area contributed by atoms with Crippen molar-refractivity contribution in [2.75, 3.05) is 23.7 Å². The SMILES string of the molecule is Nc1nc(C2CCCN(c3cnccn3)C2)cc(=O)[nH]1. The monoisotopic (exact) mass is 272 g/mol. The molecule has 0 amide bonds. The molecule has 3 N–H and O–H groups in total. The lowest BCUT2D eigenvalue weighted by molar-refractivity contribution is 0.497. The molecule has 0 radical (unpaired) electrons. The predicted octanol–water partition coefficient (Wildman–Crippen LogP) is 0.526. The van der Waals surface area contributed by atoms with Gasteiger partial charge in [0.1, 0.15) is 5.82 Å². The Morgan fingerprint density at radius 1 is 1.40 bits per heavy atom. The van der Waals surface area contributed by atoms with Crippen LogP contribution in [0, 0.1) is 0 Å². The van der Waals surface area contributed by atoms with E-state index < -0.39 is 0 Å². The summed E-state index contributed by atoms with van der Waals surface area (Å²) in [5, 5.41) is 0. The van der Waals surface area contributed by atoms with Gasteiger partial charge in [-0.1, -0.05) is 0 Å². The lowest BCUT2D eigenvalue weighted by atomic mass is 9.94. The Balaban J connectivity index is 1.83. The van der Waals surface area contributed by atoms with Crippen LogP contribution in [-0.4, -0.2) is 33.0 Å². The number of aromatic amines is 1. The van der Waals surface area contributed by atoms with Gasteiger partial charge in [0.2, 0.25) is 5.95 Å². The van der Waals surface area contributed by atoms with E-state index in [4.69, 9.17) is 5.73 Å². The zero-order chi connectivity index (χ0) is 13.9. The number of anilines is 2. The Morgan fingerprint density at radius 3 is 3.05 bits per heavy atom. The molecule has 7 heteroatoms. The average molecular weight is 272 g/mol. The molecule has 7 nitrogen and oxygen atoms in total. The maximum atomic E-state index is 11.5. The highest BCUT2D eigenvalue weighted by Gasteiger charge is 2.23. The Morgan fingerprint density at radius 2 is 2.30 bits per heavy atom. The topological polar surface area (TPSA) is 101 Å². The minimum Gasteiger partial charge on any atom is -0.369 e. The van der Waals surface area contributed by atoms with Gasteiger partial charge in [0.25, 0.3) is 5.56 Å². The molecular formula is C13H16N6O. The Kier molecular flexibility index (Phi) is 3.32. The lowest BCUT2D eigenvalue weighted by Gasteiger charge is -2.32. The molecule has 1 aliphatic heterocycles. The van der Waals surface area contributed by atoms with Crippen LogP contribution in [0.15, 0.2) is 29.5 Å². The first kappa shape index (κ1) is 12.6. The highest BCUT2D eigenvalue weighted by atomic mass is 16.1. The zero-order valence-electron chi connectivity index (χ0n) is 11.0. The van der Waals surface area contributed by atoms with E-state index in [1.54, 1.807) is 18.6 Å². The van der Waals surface area contributed by atoms with Crippen molar-refractivity contribution < 1.29 is 0 Å². The van der Waals surface area contributed by atoms with E-state index in [1.165, 1.54) is 6.07 Å². The Hall–Kier alpha value is -2.44. The molecule has 20 heavy (non-hydrogen) atoms. The van der Waals surface area contributed by atoms with Gasteiger partial charge in [-0.05, 0) is 12.8 Å². The summed E-state index contributed by atoms with van der Waals surface area (Å²) in [5.74, 6) is 1.22. The third-order valence-electron chi connectivity index (χ3n) is 3.49. The molecule has 104 valence electrons. The van der Waals surface area contributed by atoms with E-state index in [2.05, 4.69) is 24.8 Å². The van der Waals surface area contributed by atoms with Crippen molar-refractivity contribution in [1.29, 1.82) is 0 Å². The second-order valence-corrected chi connectivity index (χ2v) is 4.90. The quantitative estimate of drug-likeness (QED) is 0.827. The van der Waals surface area contributed by atoms with Crippen LogP contribution in [-0.2, 0) is 0 Å². The first-order chi connectivity index (χ1) is 9.72. The average Bonchev–Trinajstić information content (AvgIpc) is 2.47. The van der Waals surface area contributed by atoms with Crippen molar-refractivity contribution >= 4 is 11.8 Å². The first-order valence-corrected chi connectivity index (χ1v) is 6.60. The molecule has 0 bridgehead atoms. The molecule has 0 aromatic carbocycles. The lowest BCUT2D eigenvalue weighted by Crippen LogP contribution is -2.35. The second-order valence-electron chi connectivity index (χ2n) is 4.90. The molecule has 0 aliphatic carbocycles. The van der Waals surface area contributed by atoms with Gasteiger partial charge in [-0.3, -0.25) is 14.8 Å². The van der Waals surface area contributed by atoms with Crippen molar-refractivity contribution in [1.82, 2.24) is 19.9 Å². The fourth-order valence-electron chi connectivity index (χ4n) is 2.59. The van der Waals surface area contributed by atoms with Crippen molar-refractivity contribution in [3.05, 3.63) is 40.7 Å². The van der Waals surface area contributed by atoms with Crippen molar-refractivity contribution in [3.8, 4) is 0 Å². The van der Waals surface area contributed by atoms with Crippen molar-refractivity contribution in [2.24, 2.45) is 0 Å². The van der Waals surface area contributed by atoms with Crippen LogP contribution in [0.3, 0.4) is 0 Å². The minimum absolute atomic E-state index is 0.170. The molecule has 1 saturated heterocycles. The van der Waals surface area contributed by atoms with Crippen LogP contribution < -0.4 is 16.2 Å². The summed E-state index contributed by atoms with van der Waals surface area (Å²) in [7, 11) is 0. The predicted molar refractivity (Wildman–Crippen MR) is 75.5 cm³/mol. The third kappa shape index (κ3) is 2.61. The van der Waals surface area contributed by atoms with Gasteiger partial charge in [-0.25, -0.2) is 9.97 Å². The number of nitrogens with zero attached hydrogens (tertiary/aromatic N) is 4. The van der Waals surface area contributed by atoms with Crippen molar-refractivity contribution in [2.45, 2.75) is 18.8 Å². The fourth-order valence-corrected chi connectivity index (χ4v) is 2.59. The van der Waals surface area contributed by atoms with Gasteiger partial charge in [-0.2, -0.15) is 0 Å². The maximum Gasteiger partial charge on any atom is 0.252 e. The van der Waals surface area contributed by atoms with Crippen LogP contribution >= 0.6 is 0 Å². The van der Waals surface area contributed by atoms with E-state index in [0.29, 0.717) is 0 Å². The summed E-state index contributed by atoms with van der Waals surface area (Å²) in [4.78, 5) is 28.8. The molecule has 3 rings (SSSR count). The number of nitrogen functional groups attached to an aromatic ring is 1. The number of piperidine rings is 1. The summed E-state index contributed by atoms with van der Waals surface area (Å²) < 4.78 is 0. The van der Waals surface area contributed by atoms with E-state index in [0.717, 1.165) is 37.4 Å². The van der Waals surface area contributed by atoms with Gasteiger partial charge in [0.05, 0.1) is 11.9 Å². The molecule has 2 aromatic heterocycles. The standard InChI is InChI=1S/C13H16N6O/c14-13-17-10(6-12(20)18-13)9-2-1-5-19(8-9)11-7-15-3-4-16-11/h3-4,6-7,9H,1-2,5,8H2,(H3,14,17,18,20). The summed E-state index contributed by atoms with van der Waals surface area (Å²) in [5.41, 5.74) is 6.15. The van der Waals surface area contributed by atoms with Crippen LogP contribution in [0.1, 0.15) is 24.5 Å². The molecule has 0 spiro atoms. The molecule has 1 unspecified atom stereocenters. The normalized spacial score (nSPS) is 19.0. The van der Waals surface area contributed by atoms with E-state index in [9.17, 15) is 4.79 Å². The van der Waals surface area contributed by atoms with Gasteiger partial charge in [0, 0.05) is 37.5 Å². The van der Waals surface area contributed by atoms with Crippen LogP contribution in [0.25, 0.3) is 0 Å². The summed E-state index contributed by atoms with van der Waals surface area (Å²) in [6, 6.07) is 1.53. The highest BCUT2D eigenvalue weighted by molar-refractivity contribution is 5.37. The molecular weight excluding hydrogens is 256 g/mol. The van der Waals surface area contributed by atoms with Gasteiger partial charge in [0.15, 0.2) is 0 Å². The third-order valence-corrected chi connectivity index (χ3v) is 3.49. The number of nitrogens with two attached hydrogens (primary N) is 1. The summed E-state index contributed by atoms with van der Waals surface area (Å²) >= 11 is 0. The van der Waals surface area contributed by atoms with Gasteiger partial charge < -0.3 is 10.6 Å². The fraction of sp³-hybridized carbons (Fsp3) is 0.385. The number of hydrogen-bond donors (Lipinski definition) is 2. The number of nitrogens with one attached hydrogen (secondary N) is 1. The van der Waals surface area contributed by atoms with Gasteiger partial charge in [-0.15, -0.1) is 0 Å². The molecule has 2 aromatic rings. The number of rotatable bonds is 2.